The van der Waals surface area contributed by atoms with Crippen LogP contribution in [0, 0.1) is 0 Å². The zero-order valence-electron chi connectivity index (χ0n) is 12.6. The smallest absolute Gasteiger partial charge is 0.0938 e. The van der Waals surface area contributed by atoms with Gasteiger partial charge >= 0.3 is 0 Å². The van der Waals surface area contributed by atoms with Crippen LogP contribution in [0.5, 0.6) is 0 Å². The second-order valence-corrected chi connectivity index (χ2v) is 5.00. The lowest BCUT2D eigenvalue weighted by Crippen LogP contribution is -2.02. The van der Waals surface area contributed by atoms with E-state index in [0.717, 1.165) is 28.5 Å². The molecule has 21 heavy (non-hydrogen) atoms. The monoisotopic (exact) mass is 279 g/mol. The Hall–Kier alpha value is -2.19. The molecular formula is C19H21NO. The Morgan fingerprint density at radius 2 is 2.14 bits per heavy atom. The third kappa shape index (κ3) is 2.96. The number of nitrogens with zero attached hydrogens (tertiary/aromatic N) is 1. The number of aromatic nitrogens is 1. The Morgan fingerprint density at radius 3 is 2.71 bits per heavy atom. The molecule has 1 atom stereocenters. The van der Waals surface area contributed by atoms with Crippen LogP contribution in [0.3, 0.4) is 0 Å². The average Bonchev–Trinajstić information content (AvgIpc) is 2.50. The van der Waals surface area contributed by atoms with Crippen LogP contribution in [0.4, 0.5) is 0 Å². The molecule has 2 heteroatoms. The normalized spacial score (nSPS) is 13.2. The molecule has 0 fully saturated rings. The molecule has 0 aliphatic rings. The third-order valence-electron chi connectivity index (χ3n) is 3.58. The van der Waals surface area contributed by atoms with Gasteiger partial charge in [-0.15, -0.1) is 0 Å². The molecule has 1 aromatic heterocycles. The number of allylic oxidation sites excluding steroid dienone is 4. The molecule has 0 spiro atoms. The van der Waals surface area contributed by atoms with Gasteiger partial charge in [-0.25, -0.2) is 4.98 Å². The van der Waals surface area contributed by atoms with Crippen molar-refractivity contribution in [3.8, 4) is 0 Å². The molecule has 2 nitrogen and oxygen atoms in total. The summed E-state index contributed by atoms with van der Waals surface area (Å²) in [6.45, 7) is 11.5. The fraction of sp³-hybridized carbons (Fsp3) is 0.211. The molecule has 0 amide bonds. The molecule has 1 aromatic carbocycles. The summed E-state index contributed by atoms with van der Waals surface area (Å²) >= 11 is 0. The standard InChI is InChI=1S/C19H21NO/c1-5-9-14(6-2)17-12-16-15(7-3)10-8-11-18(16)20-19(17)13(4)21/h5-6,8-13,21H,1-2,7H2,3-4H3/b14-9+. The van der Waals surface area contributed by atoms with Crippen molar-refractivity contribution in [2.75, 3.05) is 0 Å². The highest BCUT2D eigenvalue weighted by Gasteiger charge is 2.14. The van der Waals surface area contributed by atoms with Crippen LogP contribution in [0.2, 0.25) is 0 Å². The second kappa shape index (κ2) is 6.51. The van der Waals surface area contributed by atoms with E-state index in [0.29, 0.717) is 5.69 Å². The van der Waals surface area contributed by atoms with Gasteiger partial charge in [0.2, 0.25) is 0 Å². The largest absolute Gasteiger partial charge is 0.387 e. The maximum Gasteiger partial charge on any atom is 0.0938 e. The SMILES string of the molecule is C=C/C=C(\C=C)c1cc2c(CC)cccc2nc1C(C)O. The summed E-state index contributed by atoms with van der Waals surface area (Å²) in [5, 5.41) is 11.2. The minimum absolute atomic E-state index is 0.636. The highest BCUT2D eigenvalue weighted by molar-refractivity contribution is 5.88. The summed E-state index contributed by atoms with van der Waals surface area (Å²) < 4.78 is 0. The van der Waals surface area contributed by atoms with Gasteiger partial charge in [0.15, 0.2) is 0 Å². The van der Waals surface area contributed by atoms with Crippen LogP contribution in [-0.2, 0) is 6.42 Å². The molecule has 1 N–H and O–H groups in total. The van der Waals surface area contributed by atoms with E-state index in [4.69, 9.17) is 0 Å². The molecular weight excluding hydrogens is 258 g/mol. The van der Waals surface area contributed by atoms with Crippen molar-refractivity contribution in [1.82, 2.24) is 4.98 Å². The van der Waals surface area contributed by atoms with E-state index in [2.05, 4.69) is 37.2 Å². The maximum atomic E-state index is 10.1. The minimum atomic E-state index is -0.636. The number of pyridine rings is 1. The molecule has 0 saturated heterocycles. The Kier molecular flexibility index (Phi) is 4.71. The summed E-state index contributed by atoms with van der Waals surface area (Å²) in [6.07, 6.45) is 5.68. The summed E-state index contributed by atoms with van der Waals surface area (Å²) in [7, 11) is 0. The van der Waals surface area contributed by atoms with E-state index < -0.39 is 6.10 Å². The lowest BCUT2D eigenvalue weighted by atomic mass is 9.96. The van der Waals surface area contributed by atoms with Crippen molar-refractivity contribution in [1.29, 1.82) is 0 Å². The van der Waals surface area contributed by atoms with Gasteiger partial charge in [0.05, 0.1) is 17.3 Å². The second-order valence-electron chi connectivity index (χ2n) is 5.00. The van der Waals surface area contributed by atoms with E-state index in [1.54, 1.807) is 19.1 Å². The Labute approximate surface area is 126 Å². The molecule has 0 radical (unpaired) electrons. The minimum Gasteiger partial charge on any atom is -0.387 e. The number of hydrogen-bond acceptors (Lipinski definition) is 2. The summed E-state index contributed by atoms with van der Waals surface area (Å²) in [5.41, 5.74) is 4.66. The first-order valence-electron chi connectivity index (χ1n) is 7.18. The number of fused-ring (bicyclic) bond motifs is 1. The van der Waals surface area contributed by atoms with Crippen LogP contribution in [-0.4, -0.2) is 10.1 Å². The molecule has 108 valence electrons. The van der Waals surface area contributed by atoms with Gasteiger partial charge in [-0.2, -0.15) is 0 Å². The number of hydrogen-bond donors (Lipinski definition) is 1. The summed E-state index contributed by atoms with van der Waals surface area (Å²) in [5.74, 6) is 0. The predicted octanol–water partition coefficient (Wildman–Crippen LogP) is 4.61. The fourth-order valence-electron chi connectivity index (χ4n) is 2.52. The van der Waals surface area contributed by atoms with Crippen molar-refractivity contribution in [3.05, 3.63) is 72.5 Å². The van der Waals surface area contributed by atoms with E-state index in [-0.39, 0.29) is 0 Å². The van der Waals surface area contributed by atoms with E-state index >= 15 is 0 Å². The van der Waals surface area contributed by atoms with Crippen LogP contribution in [0.15, 0.2) is 55.7 Å². The molecule has 0 aliphatic heterocycles. The Balaban J connectivity index is 2.83. The van der Waals surface area contributed by atoms with Crippen LogP contribution >= 0.6 is 0 Å². The van der Waals surface area contributed by atoms with Gasteiger partial charge in [-0.1, -0.05) is 50.4 Å². The zero-order chi connectivity index (χ0) is 15.4. The quantitative estimate of drug-likeness (QED) is 0.811. The Bertz CT molecular complexity index is 711. The van der Waals surface area contributed by atoms with Gasteiger partial charge in [0.1, 0.15) is 0 Å². The first kappa shape index (κ1) is 15.2. The van der Waals surface area contributed by atoms with Crippen LogP contribution < -0.4 is 0 Å². The number of benzene rings is 1. The number of aliphatic hydroxyl groups is 1. The Morgan fingerprint density at radius 1 is 1.38 bits per heavy atom. The van der Waals surface area contributed by atoms with E-state index in [1.165, 1.54) is 5.56 Å². The molecule has 0 bridgehead atoms. The van der Waals surface area contributed by atoms with Crippen LogP contribution in [0.25, 0.3) is 16.5 Å². The highest BCUT2D eigenvalue weighted by Crippen LogP contribution is 2.29. The van der Waals surface area contributed by atoms with Gasteiger partial charge < -0.3 is 5.11 Å². The van der Waals surface area contributed by atoms with E-state index in [1.807, 2.05) is 18.2 Å². The van der Waals surface area contributed by atoms with Crippen molar-refractivity contribution < 1.29 is 5.11 Å². The molecule has 1 heterocycles. The molecule has 0 aliphatic carbocycles. The molecule has 1 unspecified atom stereocenters. The van der Waals surface area contributed by atoms with Crippen molar-refractivity contribution >= 4 is 16.5 Å². The average molecular weight is 279 g/mol. The number of aryl methyl sites for hydroxylation is 1. The van der Waals surface area contributed by atoms with Crippen LogP contribution in [0.1, 0.15) is 36.8 Å². The zero-order valence-corrected chi connectivity index (χ0v) is 12.6. The highest BCUT2D eigenvalue weighted by atomic mass is 16.3. The molecule has 2 rings (SSSR count). The van der Waals surface area contributed by atoms with E-state index in [9.17, 15) is 5.11 Å². The van der Waals surface area contributed by atoms with Gasteiger partial charge in [0.25, 0.3) is 0 Å². The molecule has 2 aromatic rings. The number of aliphatic hydroxyl groups excluding tert-OH is 1. The van der Waals surface area contributed by atoms with Gasteiger partial charge in [-0.05, 0) is 36.6 Å². The molecule has 0 saturated carbocycles. The fourth-order valence-corrected chi connectivity index (χ4v) is 2.52. The van der Waals surface area contributed by atoms with Gasteiger partial charge in [-0.3, -0.25) is 0 Å². The first-order valence-corrected chi connectivity index (χ1v) is 7.18. The van der Waals surface area contributed by atoms with Crippen molar-refractivity contribution in [2.24, 2.45) is 0 Å². The maximum absolute atomic E-state index is 10.1. The van der Waals surface area contributed by atoms with Crippen molar-refractivity contribution in [3.63, 3.8) is 0 Å². The summed E-state index contributed by atoms with van der Waals surface area (Å²) in [4.78, 5) is 4.66. The topological polar surface area (TPSA) is 33.1 Å². The third-order valence-corrected chi connectivity index (χ3v) is 3.58. The lowest BCUT2D eigenvalue weighted by molar-refractivity contribution is 0.194. The summed E-state index contributed by atoms with van der Waals surface area (Å²) in [6, 6.07) is 8.20. The lowest BCUT2D eigenvalue weighted by Gasteiger charge is -2.15. The van der Waals surface area contributed by atoms with Gasteiger partial charge in [0, 0.05) is 10.9 Å². The predicted molar refractivity (Wildman–Crippen MR) is 90.1 cm³/mol. The van der Waals surface area contributed by atoms with Crippen molar-refractivity contribution in [2.45, 2.75) is 26.4 Å². The first-order chi connectivity index (χ1) is 10.1. The number of rotatable bonds is 5.